The molecule has 1 amide bonds. The fraction of sp³-hybridized carbons (Fsp3) is 0.286. The van der Waals surface area contributed by atoms with Crippen LogP contribution in [-0.4, -0.2) is 74.2 Å². The predicted molar refractivity (Wildman–Crippen MR) is 152 cm³/mol. The average molecular weight is 593 g/mol. The molecule has 5 aromatic rings. The lowest BCUT2D eigenvalue weighted by Gasteiger charge is -2.24. The normalized spacial score (nSPS) is 15.9. The molecule has 1 aliphatic heterocycles. The van der Waals surface area contributed by atoms with Gasteiger partial charge in [-0.15, -0.1) is 11.3 Å². The van der Waals surface area contributed by atoms with Gasteiger partial charge in [0.25, 0.3) is 0 Å². The first-order valence-electron chi connectivity index (χ1n) is 12.9. The summed E-state index contributed by atoms with van der Waals surface area (Å²) in [7, 11) is 1.53. The minimum Gasteiger partial charge on any atom is -0.484 e. The first-order valence-corrected chi connectivity index (χ1v) is 13.8. The highest BCUT2D eigenvalue weighted by atomic mass is 32.1. The van der Waals surface area contributed by atoms with Crippen LogP contribution in [-0.2, 0) is 0 Å². The van der Waals surface area contributed by atoms with Gasteiger partial charge in [0.1, 0.15) is 17.7 Å². The fourth-order valence-corrected chi connectivity index (χ4v) is 6.17. The van der Waals surface area contributed by atoms with Crippen LogP contribution in [0.2, 0.25) is 0 Å². The van der Waals surface area contributed by atoms with Crippen LogP contribution >= 0.6 is 11.3 Å². The molecule has 0 aliphatic carbocycles. The Bertz CT molecular complexity index is 1820. The Morgan fingerprint density at radius 2 is 1.93 bits per heavy atom. The van der Waals surface area contributed by atoms with E-state index in [2.05, 4.69) is 19.9 Å². The number of rotatable bonds is 8. The lowest BCUT2D eigenvalue weighted by Crippen LogP contribution is -2.39. The molecule has 2 aromatic carbocycles. The molecule has 0 saturated heterocycles. The standard InChI is InChI=1S/C28H25FN6O6S/c1-13-6-16(23-18(7-13)33-21(39-3)11-30-23)26-34-19-8-17(29)24-22(25(19)42-26)14(2)20(41-24)12-35(28(37)38)15-9-31-27(32-10-15)40-5-4-36/h6-11,14,20,36H,4-5,12H2,1-3H3,(H,37,38)/t14-,20-/m0/s1. The van der Waals surface area contributed by atoms with Gasteiger partial charge in [0, 0.05) is 23.1 Å². The maximum absolute atomic E-state index is 15.4. The van der Waals surface area contributed by atoms with Crippen molar-refractivity contribution >= 4 is 44.4 Å². The number of hydrogen-bond acceptors (Lipinski definition) is 11. The van der Waals surface area contributed by atoms with Crippen LogP contribution in [0.15, 0.2) is 36.8 Å². The summed E-state index contributed by atoms with van der Waals surface area (Å²) in [4.78, 5) is 35.0. The second-order valence-corrected chi connectivity index (χ2v) is 10.7. The number of anilines is 1. The highest BCUT2D eigenvalue weighted by Gasteiger charge is 2.38. The summed E-state index contributed by atoms with van der Waals surface area (Å²) < 4.78 is 32.5. The average Bonchev–Trinajstić information content (AvgIpc) is 3.55. The third-order valence-corrected chi connectivity index (χ3v) is 8.09. The molecular formula is C28H25FN6O6S. The van der Waals surface area contributed by atoms with Crippen LogP contribution in [0, 0.1) is 12.7 Å². The van der Waals surface area contributed by atoms with Gasteiger partial charge in [0.2, 0.25) is 5.88 Å². The Labute approximate surface area is 242 Å². The monoisotopic (exact) mass is 592 g/mol. The molecule has 12 nitrogen and oxygen atoms in total. The van der Waals surface area contributed by atoms with E-state index in [0.717, 1.165) is 20.7 Å². The van der Waals surface area contributed by atoms with E-state index in [1.165, 1.54) is 36.9 Å². The zero-order valence-electron chi connectivity index (χ0n) is 22.7. The van der Waals surface area contributed by atoms with E-state index in [1.807, 2.05) is 26.0 Å². The van der Waals surface area contributed by atoms with Gasteiger partial charge < -0.3 is 24.4 Å². The van der Waals surface area contributed by atoms with E-state index in [9.17, 15) is 9.90 Å². The summed E-state index contributed by atoms with van der Waals surface area (Å²) >= 11 is 1.39. The van der Waals surface area contributed by atoms with Gasteiger partial charge in [-0.3, -0.25) is 4.90 Å². The van der Waals surface area contributed by atoms with Crippen LogP contribution in [0.3, 0.4) is 0 Å². The highest BCUT2D eigenvalue weighted by Crippen LogP contribution is 2.48. The SMILES string of the molecule is COc1cnc2c(-c3nc4cc(F)c5c(c4s3)[C@@H](C)[C@H](CN(C(=O)O)c3cnc(OCCO)nc3)O5)cc(C)cc2n1. The second-order valence-electron chi connectivity index (χ2n) is 9.70. The number of aryl methyl sites for hydroxylation is 1. The third kappa shape index (κ3) is 4.88. The smallest absolute Gasteiger partial charge is 0.412 e. The first-order chi connectivity index (χ1) is 20.3. The molecular weight excluding hydrogens is 567 g/mol. The Morgan fingerprint density at radius 3 is 2.64 bits per heavy atom. The van der Waals surface area contributed by atoms with Crippen molar-refractivity contribution in [3.63, 3.8) is 0 Å². The van der Waals surface area contributed by atoms with E-state index in [1.54, 1.807) is 6.20 Å². The topological polar surface area (TPSA) is 153 Å². The van der Waals surface area contributed by atoms with Gasteiger partial charge in [-0.05, 0) is 24.6 Å². The molecule has 216 valence electrons. The zero-order chi connectivity index (χ0) is 29.5. The lowest BCUT2D eigenvalue weighted by atomic mass is 9.96. The van der Waals surface area contributed by atoms with Gasteiger partial charge in [-0.1, -0.05) is 6.92 Å². The van der Waals surface area contributed by atoms with E-state index in [0.29, 0.717) is 33.0 Å². The number of ether oxygens (including phenoxy) is 3. The summed E-state index contributed by atoms with van der Waals surface area (Å²) in [5.41, 5.74) is 4.33. The number of fused-ring (bicyclic) bond motifs is 4. The summed E-state index contributed by atoms with van der Waals surface area (Å²) in [5, 5.41) is 19.5. The van der Waals surface area contributed by atoms with Crippen molar-refractivity contribution in [1.29, 1.82) is 0 Å². The van der Waals surface area contributed by atoms with Gasteiger partial charge in [0.15, 0.2) is 11.6 Å². The molecule has 3 aromatic heterocycles. The molecule has 4 heterocycles. The van der Waals surface area contributed by atoms with Gasteiger partial charge in [-0.2, -0.15) is 0 Å². The molecule has 0 bridgehead atoms. The zero-order valence-corrected chi connectivity index (χ0v) is 23.6. The Morgan fingerprint density at radius 1 is 1.14 bits per heavy atom. The number of aliphatic hydroxyl groups excluding tert-OH is 1. The summed E-state index contributed by atoms with van der Waals surface area (Å²) in [6.45, 7) is 3.52. The summed E-state index contributed by atoms with van der Waals surface area (Å²) in [6.07, 6.45) is 2.22. The highest BCUT2D eigenvalue weighted by molar-refractivity contribution is 7.22. The van der Waals surface area contributed by atoms with E-state index in [4.69, 9.17) is 24.3 Å². The van der Waals surface area contributed by atoms with Crippen molar-refractivity contribution < 1.29 is 33.6 Å². The van der Waals surface area contributed by atoms with Crippen molar-refractivity contribution in [2.24, 2.45) is 0 Å². The largest absolute Gasteiger partial charge is 0.484 e. The number of benzene rings is 2. The van der Waals surface area contributed by atoms with E-state index in [-0.39, 0.29) is 43.1 Å². The molecule has 42 heavy (non-hydrogen) atoms. The second kappa shape index (κ2) is 10.9. The van der Waals surface area contributed by atoms with Crippen LogP contribution in [0.4, 0.5) is 14.9 Å². The van der Waals surface area contributed by atoms with E-state index < -0.39 is 18.0 Å². The van der Waals surface area contributed by atoms with Crippen molar-refractivity contribution in [2.45, 2.75) is 25.9 Å². The quantitative estimate of drug-likeness (QED) is 0.260. The third-order valence-electron chi connectivity index (χ3n) is 6.96. The number of hydrogen-bond donors (Lipinski definition) is 2. The number of aliphatic hydroxyl groups is 1. The Kier molecular flexibility index (Phi) is 7.16. The number of carbonyl (C=O) groups is 1. The number of amides is 1. The van der Waals surface area contributed by atoms with Gasteiger partial charge in [0.05, 0.1) is 65.8 Å². The molecule has 0 spiro atoms. The molecule has 0 unspecified atom stereocenters. The number of methoxy groups -OCH3 is 1. The van der Waals surface area contributed by atoms with Crippen LogP contribution in [0.5, 0.6) is 17.6 Å². The minimum absolute atomic E-state index is 0.00741. The maximum atomic E-state index is 15.4. The fourth-order valence-electron chi connectivity index (χ4n) is 4.97. The molecule has 0 saturated carbocycles. The maximum Gasteiger partial charge on any atom is 0.412 e. The Hall–Kier alpha value is -4.69. The lowest BCUT2D eigenvalue weighted by molar-refractivity contribution is 0.184. The molecule has 0 radical (unpaired) electrons. The van der Waals surface area contributed by atoms with E-state index >= 15 is 4.39 Å². The van der Waals surface area contributed by atoms with Crippen LogP contribution < -0.4 is 19.1 Å². The number of halogens is 1. The molecule has 0 fully saturated rings. The number of thiazole rings is 1. The Balaban J connectivity index is 1.34. The number of carboxylic acid groups (broad SMARTS) is 1. The molecule has 6 rings (SSSR count). The van der Waals surface area contributed by atoms with Crippen molar-refractivity contribution in [3.05, 3.63) is 53.7 Å². The van der Waals surface area contributed by atoms with Gasteiger partial charge >= 0.3 is 12.1 Å². The van der Waals surface area contributed by atoms with Crippen LogP contribution in [0.1, 0.15) is 24.0 Å². The minimum atomic E-state index is -1.25. The van der Waals surface area contributed by atoms with Crippen molar-refractivity contribution in [3.8, 4) is 28.2 Å². The van der Waals surface area contributed by atoms with Crippen molar-refractivity contribution in [2.75, 3.05) is 31.8 Å². The van der Waals surface area contributed by atoms with Gasteiger partial charge in [-0.25, -0.2) is 34.1 Å². The molecule has 2 atom stereocenters. The van der Waals surface area contributed by atoms with Crippen LogP contribution in [0.25, 0.3) is 31.8 Å². The number of aromatic nitrogens is 5. The van der Waals surface area contributed by atoms with Crippen molar-refractivity contribution in [1.82, 2.24) is 24.9 Å². The molecule has 2 N–H and O–H groups in total. The summed E-state index contributed by atoms with van der Waals surface area (Å²) in [6, 6.07) is 5.22. The summed E-state index contributed by atoms with van der Waals surface area (Å²) in [5.74, 6) is -0.450. The first kappa shape index (κ1) is 27.5. The number of nitrogens with zero attached hydrogens (tertiary/aromatic N) is 6. The molecule has 14 heteroatoms. The molecule has 1 aliphatic rings. The predicted octanol–water partition coefficient (Wildman–Crippen LogP) is 4.57.